The van der Waals surface area contributed by atoms with Crippen molar-refractivity contribution >= 4 is 11.8 Å². The molecule has 14 heavy (non-hydrogen) atoms. The lowest BCUT2D eigenvalue weighted by Crippen LogP contribution is -2.35. The van der Waals surface area contributed by atoms with E-state index in [0.29, 0.717) is 0 Å². The van der Waals surface area contributed by atoms with Gasteiger partial charge in [0.2, 0.25) is 0 Å². The molecule has 0 saturated carbocycles. The second-order valence-electron chi connectivity index (χ2n) is 2.91. The van der Waals surface area contributed by atoms with Crippen LogP contribution in [0.5, 0.6) is 0 Å². The third-order valence-electron chi connectivity index (χ3n) is 1.89. The summed E-state index contributed by atoms with van der Waals surface area (Å²) in [6.45, 7) is 4.51. The summed E-state index contributed by atoms with van der Waals surface area (Å²) in [7, 11) is 1.25. The number of hydrogen-bond donors (Lipinski definition) is 1. The fraction of sp³-hybridized carbons (Fsp3) is 0.500. The Morgan fingerprint density at radius 1 is 1.64 bits per heavy atom. The number of carbonyl (C=O) groups excluding carboxylic acids is 2. The third kappa shape index (κ3) is 3.56. The summed E-state index contributed by atoms with van der Waals surface area (Å²) in [5.41, 5.74) is 0.677. The number of ether oxygens (including phenoxy) is 1. The molecule has 0 aromatic rings. The van der Waals surface area contributed by atoms with Gasteiger partial charge in [0.15, 0.2) is 5.78 Å². The van der Waals surface area contributed by atoms with Crippen LogP contribution in [0.3, 0.4) is 0 Å². The minimum atomic E-state index is -1.66. The van der Waals surface area contributed by atoms with Crippen molar-refractivity contribution < 1.29 is 19.4 Å². The molecule has 0 radical (unpaired) electrons. The van der Waals surface area contributed by atoms with Crippen LogP contribution in [-0.2, 0) is 14.3 Å². The first-order valence-electron chi connectivity index (χ1n) is 4.13. The Kier molecular flexibility index (Phi) is 4.84. The lowest BCUT2D eigenvalue weighted by Gasteiger charge is -2.19. The molecule has 0 spiro atoms. The van der Waals surface area contributed by atoms with E-state index in [1.807, 2.05) is 0 Å². The first-order chi connectivity index (χ1) is 6.46. The lowest BCUT2D eigenvalue weighted by molar-refractivity contribution is -0.142. The van der Waals surface area contributed by atoms with Crippen LogP contribution in [0.4, 0.5) is 0 Å². The number of rotatable bonds is 5. The highest BCUT2D eigenvalue weighted by Crippen LogP contribution is 2.16. The Morgan fingerprint density at radius 2 is 2.21 bits per heavy atom. The van der Waals surface area contributed by atoms with Gasteiger partial charge in [-0.25, -0.2) is 0 Å². The SMILES string of the molecule is C=C=CC(O)(CCC(=O)OC)C(C)=O. The summed E-state index contributed by atoms with van der Waals surface area (Å²) in [5.74, 6) is -0.917. The number of Topliss-reactive ketones (excluding diaryl/α,β-unsaturated/α-hetero) is 1. The van der Waals surface area contributed by atoms with E-state index in [1.165, 1.54) is 14.0 Å². The van der Waals surface area contributed by atoms with E-state index in [4.69, 9.17) is 0 Å². The van der Waals surface area contributed by atoms with Crippen LogP contribution in [0.2, 0.25) is 0 Å². The Morgan fingerprint density at radius 3 is 2.57 bits per heavy atom. The molecule has 0 aliphatic heterocycles. The van der Waals surface area contributed by atoms with Gasteiger partial charge in [-0.05, 0) is 19.4 Å². The Hall–Kier alpha value is -1.38. The van der Waals surface area contributed by atoms with Crippen LogP contribution in [0.25, 0.3) is 0 Å². The molecule has 0 amide bonds. The molecule has 4 nitrogen and oxygen atoms in total. The molecule has 78 valence electrons. The smallest absolute Gasteiger partial charge is 0.305 e. The average molecular weight is 198 g/mol. The molecule has 1 atom stereocenters. The van der Waals surface area contributed by atoms with Gasteiger partial charge >= 0.3 is 5.97 Å². The summed E-state index contributed by atoms with van der Waals surface area (Å²) in [5, 5.41) is 9.72. The quantitative estimate of drug-likeness (QED) is 0.519. The van der Waals surface area contributed by atoms with Crippen LogP contribution in [0, 0.1) is 0 Å². The van der Waals surface area contributed by atoms with Gasteiger partial charge < -0.3 is 9.84 Å². The second-order valence-corrected chi connectivity index (χ2v) is 2.91. The normalized spacial score (nSPS) is 13.6. The van der Waals surface area contributed by atoms with Crippen molar-refractivity contribution in [2.75, 3.05) is 7.11 Å². The largest absolute Gasteiger partial charge is 0.469 e. The maximum Gasteiger partial charge on any atom is 0.305 e. The van der Waals surface area contributed by atoms with Gasteiger partial charge in [0.05, 0.1) is 7.11 Å². The van der Waals surface area contributed by atoms with Gasteiger partial charge in [0.1, 0.15) is 5.60 Å². The monoisotopic (exact) mass is 198 g/mol. The highest BCUT2D eigenvalue weighted by Gasteiger charge is 2.30. The molecular formula is C10H14O4. The van der Waals surface area contributed by atoms with E-state index in [0.717, 1.165) is 6.08 Å². The van der Waals surface area contributed by atoms with Gasteiger partial charge in [-0.2, -0.15) is 0 Å². The summed E-state index contributed by atoms with van der Waals surface area (Å²) < 4.78 is 4.39. The highest BCUT2D eigenvalue weighted by molar-refractivity contribution is 5.87. The van der Waals surface area contributed by atoms with Crippen molar-refractivity contribution in [1.29, 1.82) is 0 Å². The number of hydrogen-bond acceptors (Lipinski definition) is 4. The summed E-state index contributed by atoms with van der Waals surface area (Å²) in [4.78, 5) is 21.8. The molecule has 0 fully saturated rings. The molecule has 0 aliphatic rings. The van der Waals surface area contributed by atoms with Gasteiger partial charge in [0.25, 0.3) is 0 Å². The van der Waals surface area contributed by atoms with Crippen LogP contribution in [-0.4, -0.2) is 29.6 Å². The fourth-order valence-corrected chi connectivity index (χ4v) is 0.913. The minimum Gasteiger partial charge on any atom is -0.469 e. The third-order valence-corrected chi connectivity index (χ3v) is 1.89. The molecule has 1 N–H and O–H groups in total. The van der Waals surface area contributed by atoms with Crippen molar-refractivity contribution in [2.45, 2.75) is 25.4 Å². The zero-order valence-corrected chi connectivity index (χ0v) is 8.37. The Balaban J connectivity index is 4.46. The first kappa shape index (κ1) is 12.6. The van der Waals surface area contributed by atoms with E-state index < -0.39 is 17.4 Å². The molecule has 0 rings (SSSR count). The zero-order valence-electron chi connectivity index (χ0n) is 8.37. The fourth-order valence-electron chi connectivity index (χ4n) is 0.913. The predicted octanol–water partition coefficient (Wildman–Crippen LogP) is 0.601. The maximum atomic E-state index is 11.1. The van der Waals surface area contributed by atoms with Gasteiger partial charge in [0, 0.05) is 6.42 Å². The molecule has 4 heteroatoms. The first-order valence-corrected chi connectivity index (χ1v) is 4.13. The minimum absolute atomic E-state index is 0.0163. The van der Waals surface area contributed by atoms with E-state index in [1.54, 1.807) is 0 Å². The van der Waals surface area contributed by atoms with Gasteiger partial charge in [-0.1, -0.05) is 6.58 Å². The van der Waals surface area contributed by atoms with Crippen molar-refractivity contribution in [1.82, 2.24) is 0 Å². The van der Waals surface area contributed by atoms with E-state index >= 15 is 0 Å². The molecule has 0 aliphatic carbocycles. The molecule has 0 saturated heterocycles. The number of aliphatic hydroxyl groups is 1. The average Bonchev–Trinajstić information content (AvgIpc) is 2.14. The van der Waals surface area contributed by atoms with Gasteiger partial charge in [-0.3, -0.25) is 9.59 Å². The molecule has 0 bridgehead atoms. The number of methoxy groups -OCH3 is 1. The highest BCUT2D eigenvalue weighted by atomic mass is 16.5. The van der Waals surface area contributed by atoms with Crippen molar-refractivity contribution in [3.63, 3.8) is 0 Å². The molecule has 0 heterocycles. The zero-order chi connectivity index (χ0) is 11.2. The Bertz CT molecular complexity index is 272. The van der Waals surface area contributed by atoms with Crippen molar-refractivity contribution in [2.24, 2.45) is 0 Å². The van der Waals surface area contributed by atoms with Crippen LogP contribution >= 0.6 is 0 Å². The topological polar surface area (TPSA) is 63.6 Å². The Labute approximate surface area is 82.9 Å². The summed E-state index contributed by atoms with van der Waals surface area (Å²) in [6, 6.07) is 0. The summed E-state index contributed by atoms with van der Waals surface area (Å²) in [6.07, 6.45) is 1.11. The van der Waals surface area contributed by atoms with Crippen LogP contribution < -0.4 is 0 Å². The van der Waals surface area contributed by atoms with Crippen LogP contribution in [0.15, 0.2) is 18.4 Å². The number of ketones is 1. The number of carbonyl (C=O) groups is 2. The maximum absolute atomic E-state index is 11.1. The van der Waals surface area contributed by atoms with Crippen LogP contribution in [0.1, 0.15) is 19.8 Å². The second kappa shape index (κ2) is 5.37. The molecule has 1 unspecified atom stereocenters. The van der Waals surface area contributed by atoms with E-state index in [-0.39, 0.29) is 12.8 Å². The molecule has 0 aromatic carbocycles. The van der Waals surface area contributed by atoms with E-state index in [9.17, 15) is 14.7 Å². The number of esters is 1. The van der Waals surface area contributed by atoms with Gasteiger partial charge in [-0.15, -0.1) is 5.73 Å². The summed E-state index contributed by atoms with van der Waals surface area (Å²) >= 11 is 0. The molecule has 0 aromatic heterocycles. The standard InChI is InChI=1S/C10H14O4/c1-4-6-10(13,8(2)11)7-5-9(12)14-3/h6,13H,1,5,7H2,2-3H3. The lowest BCUT2D eigenvalue weighted by atomic mass is 9.93. The molecular weight excluding hydrogens is 184 g/mol. The predicted molar refractivity (Wildman–Crippen MR) is 50.6 cm³/mol. The van der Waals surface area contributed by atoms with Crippen molar-refractivity contribution in [3.05, 3.63) is 18.4 Å². The van der Waals surface area contributed by atoms with Crippen molar-refractivity contribution in [3.8, 4) is 0 Å². The van der Waals surface area contributed by atoms with E-state index in [2.05, 4.69) is 17.0 Å².